The topological polar surface area (TPSA) is 46.5 Å². The summed E-state index contributed by atoms with van der Waals surface area (Å²) in [7, 11) is 0. The van der Waals surface area contributed by atoms with Crippen LogP contribution in [0.25, 0.3) is 10.9 Å². The molecule has 0 radical (unpaired) electrons. The van der Waals surface area contributed by atoms with Gasteiger partial charge in [-0.1, -0.05) is 77.9 Å². The number of nitrogens with zero attached hydrogens (tertiary/aromatic N) is 2. The van der Waals surface area contributed by atoms with Crippen molar-refractivity contribution in [3.05, 3.63) is 107 Å². The summed E-state index contributed by atoms with van der Waals surface area (Å²) < 4.78 is 7.77. The lowest BCUT2D eigenvalue weighted by Crippen LogP contribution is -2.38. The van der Waals surface area contributed by atoms with Gasteiger partial charge in [0, 0.05) is 55.6 Å². The maximum Gasteiger partial charge on any atom is 0.220 e. The summed E-state index contributed by atoms with van der Waals surface area (Å²) >= 11 is 0. The van der Waals surface area contributed by atoms with Gasteiger partial charge < -0.3 is 14.6 Å². The van der Waals surface area contributed by atoms with E-state index in [4.69, 9.17) is 4.74 Å². The second kappa shape index (κ2) is 12.4. The van der Waals surface area contributed by atoms with Crippen LogP contribution < -0.4 is 5.32 Å². The number of morpholine rings is 1. The minimum Gasteiger partial charge on any atom is -0.379 e. The number of aromatic nitrogens is 1. The Hall–Kier alpha value is -3.41. The Labute approximate surface area is 226 Å². The molecule has 1 fully saturated rings. The van der Waals surface area contributed by atoms with Gasteiger partial charge in [-0.05, 0) is 49.6 Å². The molecule has 38 heavy (non-hydrogen) atoms. The Morgan fingerprint density at radius 3 is 2.53 bits per heavy atom. The predicted octanol–water partition coefficient (Wildman–Crippen LogP) is 5.67. The van der Waals surface area contributed by atoms with Crippen molar-refractivity contribution in [1.82, 2.24) is 14.8 Å². The van der Waals surface area contributed by atoms with Crippen molar-refractivity contribution < 1.29 is 9.53 Å². The fourth-order valence-electron chi connectivity index (χ4n) is 5.48. The molecule has 1 atom stereocenters. The van der Waals surface area contributed by atoms with Crippen LogP contribution in [0.4, 0.5) is 0 Å². The first-order valence-corrected chi connectivity index (χ1v) is 13.8. The van der Waals surface area contributed by atoms with Gasteiger partial charge in [-0.2, -0.15) is 0 Å². The van der Waals surface area contributed by atoms with Crippen molar-refractivity contribution in [2.75, 3.05) is 39.4 Å². The first-order chi connectivity index (χ1) is 18.6. The number of hydrogen-bond donors (Lipinski definition) is 1. The summed E-state index contributed by atoms with van der Waals surface area (Å²) in [6.07, 6.45) is 3.65. The van der Waals surface area contributed by atoms with Gasteiger partial charge in [0.15, 0.2) is 0 Å². The number of para-hydroxylation sites is 1. The summed E-state index contributed by atoms with van der Waals surface area (Å²) in [4.78, 5) is 15.7. The molecule has 1 aliphatic rings. The highest BCUT2D eigenvalue weighted by atomic mass is 16.5. The summed E-state index contributed by atoms with van der Waals surface area (Å²) in [6, 6.07) is 25.9. The molecule has 1 amide bonds. The van der Waals surface area contributed by atoms with Crippen molar-refractivity contribution in [3.63, 3.8) is 0 Å². The molecule has 1 N–H and O–H groups in total. The smallest absolute Gasteiger partial charge is 0.220 e. The van der Waals surface area contributed by atoms with Crippen molar-refractivity contribution in [1.29, 1.82) is 0 Å². The quantitative estimate of drug-likeness (QED) is 0.280. The second-order valence-electron chi connectivity index (χ2n) is 10.5. The molecule has 0 bridgehead atoms. The van der Waals surface area contributed by atoms with Gasteiger partial charge in [-0.15, -0.1) is 0 Å². The average molecular weight is 510 g/mol. The van der Waals surface area contributed by atoms with Crippen molar-refractivity contribution in [2.24, 2.45) is 0 Å². The molecular formula is C33H39N3O2. The third-order valence-electron chi connectivity index (χ3n) is 7.58. The summed E-state index contributed by atoms with van der Waals surface area (Å²) in [5.74, 6) is 0.0900. The molecule has 3 aromatic carbocycles. The zero-order valence-electron chi connectivity index (χ0n) is 22.7. The Morgan fingerprint density at radius 2 is 1.74 bits per heavy atom. The number of amides is 1. The molecule has 1 aromatic heterocycles. The van der Waals surface area contributed by atoms with E-state index in [1.807, 2.05) is 0 Å². The Morgan fingerprint density at radius 1 is 0.947 bits per heavy atom. The molecule has 0 spiro atoms. The number of carbonyl (C=O) groups excluding carboxylic acids is 1. The number of fused-ring (bicyclic) bond motifs is 1. The van der Waals surface area contributed by atoms with E-state index < -0.39 is 0 Å². The molecule has 0 saturated carbocycles. The third kappa shape index (κ3) is 6.53. The number of hydrogen-bond acceptors (Lipinski definition) is 3. The minimum atomic E-state index is -0.0155. The van der Waals surface area contributed by atoms with Gasteiger partial charge >= 0.3 is 0 Å². The van der Waals surface area contributed by atoms with Gasteiger partial charge in [0.25, 0.3) is 0 Å². The molecule has 0 unspecified atom stereocenters. The lowest BCUT2D eigenvalue weighted by molar-refractivity contribution is -0.121. The molecule has 4 aromatic rings. The standard InChI is InChI=1S/C33H39N3O2/c1-25-11-13-27(14-12-25)23-36-24-31(29-9-3-4-10-32(29)36)30(28-8-5-7-26(2)21-28)22-33(37)34-15-6-16-35-17-19-38-20-18-35/h3-5,7-14,21,24,30H,6,15-20,22-23H2,1-2H3,(H,34,37)/t30-/m1/s1. The lowest BCUT2D eigenvalue weighted by atomic mass is 9.87. The fraction of sp³-hybridized carbons (Fsp3) is 0.364. The van der Waals surface area contributed by atoms with Crippen LogP contribution in [0, 0.1) is 13.8 Å². The normalized spacial score (nSPS) is 15.0. The molecule has 198 valence electrons. The zero-order valence-corrected chi connectivity index (χ0v) is 22.7. The van der Waals surface area contributed by atoms with E-state index in [0.29, 0.717) is 13.0 Å². The zero-order chi connectivity index (χ0) is 26.3. The van der Waals surface area contributed by atoms with E-state index in [-0.39, 0.29) is 11.8 Å². The van der Waals surface area contributed by atoms with Gasteiger partial charge in [-0.25, -0.2) is 0 Å². The highest BCUT2D eigenvalue weighted by Crippen LogP contribution is 2.35. The van der Waals surface area contributed by atoms with Crippen LogP contribution in [0.5, 0.6) is 0 Å². The van der Waals surface area contributed by atoms with Crippen LogP contribution in [-0.4, -0.2) is 54.8 Å². The van der Waals surface area contributed by atoms with Crippen LogP contribution in [0.1, 0.15) is 46.6 Å². The molecule has 1 saturated heterocycles. The number of nitrogens with one attached hydrogen (secondary N) is 1. The van der Waals surface area contributed by atoms with Gasteiger partial charge in [0.2, 0.25) is 5.91 Å². The SMILES string of the molecule is Cc1ccc(Cn2cc([C@H](CC(=O)NCCCN3CCOCC3)c3cccc(C)c3)c3ccccc32)cc1. The van der Waals surface area contributed by atoms with E-state index in [9.17, 15) is 4.79 Å². The molecule has 0 aliphatic carbocycles. The van der Waals surface area contributed by atoms with Crippen LogP contribution in [0.2, 0.25) is 0 Å². The van der Waals surface area contributed by atoms with Gasteiger partial charge in [0.1, 0.15) is 0 Å². The fourth-order valence-corrected chi connectivity index (χ4v) is 5.48. The molecular weight excluding hydrogens is 470 g/mol. The number of aryl methyl sites for hydroxylation is 2. The van der Waals surface area contributed by atoms with E-state index >= 15 is 0 Å². The van der Waals surface area contributed by atoms with E-state index in [1.54, 1.807) is 0 Å². The van der Waals surface area contributed by atoms with Crippen LogP contribution >= 0.6 is 0 Å². The first kappa shape index (κ1) is 26.2. The maximum absolute atomic E-state index is 13.3. The van der Waals surface area contributed by atoms with Crippen LogP contribution in [-0.2, 0) is 16.1 Å². The summed E-state index contributed by atoms with van der Waals surface area (Å²) in [5, 5.41) is 4.42. The number of rotatable bonds is 10. The van der Waals surface area contributed by atoms with Gasteiger partial charge in [0.05, 0.1) is 13.2 Å². The highest BCUT2D eigenvalue weighted by molar-refractivity contribution is 5.86. The summed E-state index contributed by atoms with van der Waals surface area (Å²) in [5.41, 5.74) is 7.34. The molecule has 5 nitrogen and oxygen atoms in total. The number of ether oxygens (including phenoxy) is 1. The molecule has 5 rings (SSSR count). The lowest BCUT2D eigenvalue weighted by Gasteiger charge is -2.26. The number of benzene rings is 3. The second-order valence-corrected chi connectivity index (χ2v) is 10.5. The Kier molecular flexibility index (Phi) is 8.57. The molecule has 2 heterocycles. The number of carbonyl (C=O) groups is 1. The van der Waals surface area contributed by atoms with E-state index in [0.717, 1.165) is 45.8 Å². The summed E-state index contributed by atoms with van der Waals surface area (Å²) in [6.45, 7) is 10.3. The molecule has 1 aliphatic heterocycles. The van der Waals surface area contributed by atoms with Crippen molar-refractivity contribution in [2.45, 2.75) is 39.2 Å². The molecule has 5 heteroatoms. The van der Waals surface area contributed by atoms with Crippen molar-refractivity contribution >= 4 is 16.8 Å². The van der Waals surface area contributed by atoms with Crippen molar-refractivity contribution in [3.8, 4) is 0 Å². The maximum atomic E-state index is 13.3. The van der Waals surface area contributed by atoms with E-state index in [1.165, 1.54) is 38.7 Å². The Bertz CT molecular complexity index is 1350. The highest BCUT2D eigenvalue weighted by Gasteiger charge is 2.23. The first-order valence-electron chi connectivity index (χ1n) is 13.8. The van der Waals surface area contributed by atoms with Crippen LogP contribution in [0.3, 0.4) is 0 Å². The minimum absolute atomic E-state index is 0.0155. The van der Waals surface area contributed by atoms with Crippen LogP contribution in [0.15, 0.2) is 79.0 Å². The van der Waals surface area contributed by atoms with Gasteiger partial charge in [-0.3, -0.25) is 9.69 Å². The third-order valence-corrected chi connectivity index (χ3v) is 7.58. The largest absolute Gasteiger partial charge is 0.379 e. The van der Waals surface area contributed by atoms with E-state index in [2.05, 4.69) is 108 Å². The average Bonchev–Trinajstić information content (AvgIpc) is 3.29. The predicted molar refractivity (Wildman–Crippen MR) is 155 cm³/mol. The Balaban J connectivity index is 1.37. The monoisotopic (exact) mass is 509 g/mol.